The molecular formula is C17H18ClF3N4O3S. The number of aryl methyl sites for hydroxylation is 1. The summed E-state index contributed by atoms with van der Waals surface area (Å²) in [6.07, 6.45) is -4.78. The monoisotopic (exact) mass is 450 g/mol. The lowest BCUT2D eigenvalue weighted by molar-refractivity contribution is -0.274. The molecule has 1 aromatic carbocycles. The third-order valence-electron chi connectivity index (χ3n) is 3.68. The number of aromatic nitrogens is 2. The lowest BCUT2D eigenvalue weighted by atomic mass is 10.3. The van der Waals surface area contributed by atoms with Crippen molar-refractivity contribution in [3.8, 4) is 5.75 Å². The second kappa shape index (κ2) is 8.97. The number of amides is 1. The highest BCUT2D eigenvalue weighted by Gasteiger charge is 2.31. The Labute approximate surface area is 174 Å². The number of likely N-dealkylation sites (N-methyl/N-ethyl adjacent to an activating group) is 1. The number of ether oxygens (including phenoxy) is 1. The van der Waals surface area contributed by atoms with Crippen molar-refractivity contribution in [1.29, 1.82) is 0 Å². The number of benzene rings is 1. The van der Waals surface area contributed by atoms with Gasteiger partial charge < -0.3 is 14.2 Å². The number of nitrogens with zero attached hydrogens (tertiary/aromatic N) is 4. The van der Waals surface area contributed by atoms with Crippen molar-refractivity contribution >= 4 is 45.0 Å². The second-order valence-corrected chi connectivity index (χ2v) is 7.27. The molecule has 2 aromatic heterocycles. The summed E-state index contributed by atoms with van der Waals surface area (Å²) in [7, 11) is 3.73. The number of thiazole rings is 1. The van der Waals surface area contributed by atoms with Crippen LogP contribution in [-0.2, 0) is 0 Å². The van der Waals surface area contributed by atoms with E-state index in [9.17, 15) is 18.0 Å². The first-order valence-electron chi connectivity index (χ1n) is 8.18. The van der Waals surface area contributed by atoms with Gasteiger partial charge in [-0.3, -0.25) is 9.69 Å². The van der Waals surface area contributed by atoms with Crippen molar-refractivity contribution in [3.05, 3.63) is 35.7 Å². The van der Waals surface area contributed by atoms with Crippen LogP contribution in [0.2, 0.25) is 0 Å². The number of hydrogen-bond acceptors (Lipinski definition) is 7. The standard InChI is InChI=1S/C17H17F3N4O3S.ClH/c1-10-8-13(22-27-10)15(25)24(7-6-23(2)3)16-21-12-5-4-11(9-14(12)28-16)26-17(18,19)20;/h4-5,8-9H,6-7H2,1-3H3;1H. The first kappa shape index (κ1) is 22.9. The van der Waals surface area contributed by atoms with Gasteiger partial charge in [0.05, 0.1) is 10.2 Å². The number of carbonyl (C=O) groups excluding carboxylic acids is 1. The van der Waals surface area contributed by atoms with Crippen molar-refractivity contribution in [2.24, 2.45) is 0 Å². The number of carbonyl (C=O) groups is 1. The molecule has 12 heteroatoms. The maximum absolute atomic E-state index is 12.9. The summed E-state index contributed by atoms with van der Waals surface area (Å²) >= 11 is 1.10. The van der Waals surface area contributed by atoms with Gasteiger partial charge in [0.25, 0.3) is 5.91 Å². The van der Waals surface area contributed by atoms with Gasteiger partial charge in [-0.15, -0.1) is 25.6 Å². The normalized spacial score (nSPS) is 11.6. The molecule has 0 saturated heterocycles. The van der Waals surface area contributed by atoms with E-state index in [2.05, 4.69) is 14.9 Å². The first-order chi connectivity index (χ1) is 13.1. The predicted molar refractivity (Wildman–Crippen MR) is 105 cm³/mol. The van der Waals surface area contributed by atoms with Gasteiger partial charge in [0.2, 0.25) is 0 Å². The minimum Gasteiger partial charge on any atom is -0.406 e. The fourth-order valence-corrected chi connectivity index (χ4v) is 3.41. The van der Waals surface area contributed by atoms with Gasteiger partial charge in [-0.25, -0.2) is 4.98 Å². The summed E-state index contributed by atoms with van der Waals surface area (Å²) in [5.41, 5.74) is 0.602. The molecule has 3 rings (SSSR count). The molecule has 0 aliphatic carbocycles. The van der Waals surface area contributed by atoms with E-state index in [0.717, 1.165) is 11.3 Å². The van der Waals surface area contributed by atoms with Crippen LogP contribution in [0.1, 0.15) is 16.2 Å². The molecule has 0 atom stereocenters. The molecule has 0 unspecified atom stereocenters. The van der Waals surface area contributed by atoms with Crippen LogP contribution in [0.15, 0.2) is 28.8 Å². The van der Waals surface area contributed by atoms with E-state index in [1.54, 1.807) is 6.92 Å². The molecule has 0 bridgehead atoms. The maximum atomic E-state index is 12.9. The summed E-state index contributed by atoms with van der Waals surface area (Å²) in [5, 5.41) is 4.10. The zero-order chi connectivity index (χ0) is 20.5. The molecule has 158 valence electrons. The van der Waals surface area contributed by atoms with E-state index in [4.69, 9.17) is 4.52 Å². The smallest absolute Gasteiger partial charge is 0.406 e. The number of alkyl halides is 3. The summed E-state index contributed by atoms with van der Waals surface area (Å²) < 4.78 is 46.7. The lowest BCUT2D eigenvalue weighted by Gasteiger charge is -2.20. The third kappa shape index (κ3) is 5.81. The van der Waals surface area contributed by atoms with Crippen LogP contribution in [0.5, 0.6) is 5.75 Å². The summed E-state index contributed by atoms with van der Waals surface area (Å²) in [6, 6.07) is 5.38. The molecule has 2 heterocycles. The van der Waals surface area contributed by atoms with E-state index >= 15 is 0 Å². The van der Waals surface area contributed by atoms with E-state index in [-0.39, 0.29) is 23.9 Å². The van der Waals surface area contributed by atoms with Crippen LogP contribution < -0.4 is 9.64 Å². The number of halogens is 4. The molecule has 29 heavy (non-hydrogen) atoms. The molecule has 0 saturated carbocycles. The van der Waals surface area contributed by atoms with Crippen molar-refractivity contribution in [3.63, 3.8) is 0 Å². The van der Waals surface area contributed by atoms with Crippen LogP contribution in [0.4, 0.5) is 18.3 Å². The fraction of sp³-hybridized carbons (Fsp3) is 0.353. The number of hydrogen-bond donors (Lipinski definition) is 0. The van der Waals surface area contributed by atoms with E-state index in [1.807, 2.05) is 19.0 Å². The highest BCUT2D eigenvalue weighted by molar-refractivity contribution is 7.22. The Hall–Kier alpha value is -2.37. The van der Waals surface area contributed by atoms with Crippen LogP contribution in [0, 0.1) is 6.92 Å². The fourth-order valence-electron chi connectivity index (χ4n) is 2.39. The maximum Gasteiger partial charge on any atom is 0.573 e. The second-order valence-electron chi connectivity index (χ2n) is 6.26. The van der Waals surface area contributed by atoms with Crippen LogP contribution in [0.25, 0.3) is 10.2 Å². The summed E-state index contributed by atoms with van der Waals surface area (Å²) in [4.78, 5) is 20.6. The Balaban J connectivity index is 0.00000300. The average Bonchev–Trinajstić information content (AvgIpc) is 3.18. The molecule has 7 nitrogen and oxygen atoms in total. The Kier molecular flexibility index (Phi) is 7.09. The minimum atomic E-state index is -4.78. The molecule has 0 aliphatic heterocycles. The zero-order valence-electron chi connectivity index (χ0n) is 15.7. The van der Waals surface area contributed by atoms with Gasteiger partial charge in [0.1, 0.15) is 11.5 Å². The SMILES string of the molecule is Cc1cc(C(=O)N(CCN(C)C)c2nc3ccc(OC(F)(F)F)cc3s2)no1.Cl. The molecule has 3 aromatic rings. The largest absolute Gasteiger partial charge is 0.573 e. The molecule has 0 fully saturated rings. The molecule has 0 aliphatic rings. The predicted octanol–water partition coefficient (Wildman–Crippen LogP) is 4.12. The first-order valence-corrected chi connectivity index (χ1v) is 9.00. The topological polar surface area (TPSA) is 71.7 Å². The average molecular weight is 451 g/mol. The van der Waals surface area contributed by atoms with E-state index in [0.29, 0.717) is 34.2 Å². The molecule has 1 amide bonds. The van der Waals surface area contributed by atoms with Crippen molar-refractivity contribution < 1.29 is 27.2 Å². The van der Waals surface area contributed by atoms with Gasteiger partial charge in [0, 0.05) is 25.2 Å². The summed E-state index contributed by atoms with van der Waals surface area (Å²) in [5.74, 6) is -0.243. The molecule has 0 radical (unpaired) electrons. The van der Waals surface area contributed by atoms with Crippen molar-refractivity contribution in [1.82, 2.24) is 15.0 Å². The van der Waals surface area contributed by atoms with Gasteiger partial charge in [0.15, 0.2) is 10.8 Å². The Bertz CT molecular complexity index is 990. The molecular weight excluding hydrogens is 433 g/mol. The van der Waals surface area contributed by atoms with Gasteiger partial charge in [-0.1, -0.05) is 16.5 Å². The van der Waals surface area contributed by atoms with E-state index in [1.165, 1.54) is 29.2 Å². The van der Waals surface area contributed by atoms with Crippen LogP contribution in [-0.4, -0.2) is 54.5 Å². The number of fused-ring (bicyclic) bond motifs is 1. The molecule has 0 N–H and O–H groups in total. The Morgan fingerprint density at radius 1 is 1.24 bits per heavy atom. The van der Waals surface area contributed by atoms with Gasteiger partial charge in [-0.2, -0.15) is 0 Å². The minimum absolute atomic E-state index is 0. The highest BCUT2D eigenvalue weighted by Crippen LogP contribution is 2.33. The quantitative estimate of drug-likeness (QED) is 0.562. The highest BCUT2D eigenvalue weighted by atomic mass is 35.5. The van der Waals surface area contributed by atoms with Gasteiger partial charge >= 0.3 is 6.36 Å². The van der Waals surface area contributed by atoms with Crippen molar-refractivity contribution in [2.45, 2.75) is 13.3 Å². The van der Waals surface area contributed by atoms with Crippen LogP contribution >= 0.6 is 23.7 Å². The van der Waals surface area contributed by atoms with Crippen molar-refractivity contribution in [2.75, 3.05) is 32.1 Å². The third-order valence-corrected chi connectivity index (χ3v) is 4.72. The molecule has 0 spiro atoms. The lowest BCUT2D eigenvalue weighted by Crippen LogP contribution is -2.36. The summed E-state index contributed by atoms with van der Waals surface area (Å²) in [6.45, 7) is 2.55. The number of anilines is 1. The number of rotatable bonds is 6. The zero-order valence-corrected chi connectivity index (χ0v) is 17.3. The van der Waals surface area contributed by atoms with E-state index < -0.39 is 12.3 Å². The van der Waals surface area contributed by atoms with Crippen LogP contribution in [0.3, 0.4) is 0 Å². The Morgan fingerprint density at radius 2 is 1.97 bits per heavy atom. The Morgan fingerprint density at radius 3 is 2.55 bits per heavy atom. The van der Waals surface area contributed by atoms with Gasteiger partial charge in [-0.05, 0) is 33.2 Å².